The van der Waals surface area contributed by atoms with Crippen molar-refractivity contribution in [3.63, 3.8) is 0 Å². The Morgan fingerprint density at radius 3 is 2.44 bits per heavy atom. The van der Waals surface area contributed by atoms with E-state index in [-0.39, 0.29) is 26.7 Å². The van der Waals surface area contributed by atoms with Crippen LogP contribution in [-0.2, 0) is 10.0 Å². The number of halogens is 1. The molecule has 0 spiro atoms. The van der Waals surface area contributed by atoms with Gasteiger partial charge in [-0.2, -0.15) is 0 Å². The molecule has 2 aromatic rings. The summed E-state index contributed by atoms with van der Waals surface area (Å²) in [6.07, 6.45) is 0. The second-order valence-electron chi connectivity index (χ2n) is 5.25. The lowest BCUT2D eigenvalue weighted by atomic mass is 10.1. The van der Waals surface area contributed by atoms with E-state index in [1.54, 1.807) is 0 Å². The van der Waals surface area contributed by atoms with E-state index < -0.39 is 26.5 Å². The number of nitrogens with two attached hydrogens (primary N) is 1. The van der Waals surface area contributed by atoms with E-state index in [0.29, 0.717) is 5.56 Å². The van der Waals surface area contributed by atoms with Crippen LogP contribution in [-0.4, -0.2) is 19.2 Å². The zero-order valence-electron chi connectivity index (χ0n) is 13.2. The zero-order chi connectivity index (χ0) is 18.9. The van der Waals surface area contributed by atoms with Crippen molar-refractivity contribution >= 4 is 38.9 Å². The van der Waals surface area contributed by atoms with E-state index in [2.05, 4.69) is 4.72 Å². The summed E-state index contributed by atoms with van der Waals surface area (Å²) in [6.45, 7) is 2.95. The maximum atomic E-state index is 12.6. The normalized spacial score (nSPS) is 11.2. The van der Waals surface area contributed by atoms with Gasteiger partial charge in [0.2, 0.25) is 5.91 Å². The fraction of sp³-hybridized carbons (Fsp3) is 0.133. The number of hydrogen-bond donors (Lipinski definition) is 2. The first kappa shape index (κ1) is 18.7. The predicted molar refractivity (Wildman–Crippen MR) is 93.3 cm³/mol. The number of carbonyl (C=O) groups is 1. The van der Waals surface area contributed by atoms with Gasteiger partial charge in [-0.15, -0.1) is 0 Å². The molecule has 0 saturated carbocycles. The van der Waals surface area contributed by atoms with Gasteiger partial charge in [0.25, 0.3) is 15.7 Å². The third-order valence-corrected chi connectivity index (χ3v) is 5.38. The maximum Gasteiger partial charge on any atom is 0.275 e. The number of nitro benzene ring substituents is 1. The molecule has 1 amide bonds. The molecule has 0 atom stereocenters. The van der Waals surface area contributed by atoms with Crippen molar-refractivity contribution in [1.29, 1.82) is 0 Å². The van der Waals surface area contributed by atoms with E-state index >= 15 is 0 Å². The standard InChI is InChI=1S/C15H14ClN3O5S/c1-8-11(15(17)20)4-3-5-13(8)18-25(23,24)10-6-12(16)9(2)14(7-10)19(21)22/h3-7,18H,1-2H3,(H2,17,20). The van der Waals surface area contributed by atoms with Crippen LogP contribution in [0.1, 0.15) is 21.5 Å². The maximum absolute atomic E-state index is 12.6. The van der Waals surface area contributed by atoms with Gasteiger partial charge in [0.05, 0.1) is 20.5 Å². The van der Waals surface area contributed by atoms with Gasteiger partial charge in [-0.05, 0) is 37.6 Å². The summed E-state index contributed by atoms with van der Waals surface area (Å²) in [6, 6.07) is 6.43. The first-order valence-corrected chi connectivity index (χ1v) is 8.77. The highest BCUT2D eigenvalue weighted by Gasteiger charge is 2.23. The Morgan fingerprint density at radius 2 is 1.88 bits per heavy atom. The number of anilines is 1. The number of sulfonamides is 1. The average Bonchev–Trinajstić information content (AvgIpc) is 2.50. The molecule has 10 heteroatoms. The molecule has 2 aromatic carbocycles. The number of primary amides is 1. The van der Waals surface area contributed by atoms with E-state index in [4.69, 9.17) is 17.3 Å². The Hall–Kier alpha value is -2.65. The van der Waals surface area contributed by atoms with Gasteiger partial charge in [0.15, 0.2) is 0 Å². The summed E-state index contributed by atoms with van der Waals surface area (Å²) in [5.74, 6) is -0.701. The van der Waals surface area contributed by atoms with Crippen LogP contribution in [0.3, 0.4) is 0 Å². The first-order valence-electron chi connectivity index (χ1n) is 6.91. The number of carbonyl (C=O) groups excluding carboxylic acids is 1. The topological polar surface area (TPSA) is 132 Å². The monoisotopic (exact) mass is 383 g/mol. The molecule has 132 valence electrons. The number of hydrogen-bond acceptors (Lipinski definition) is 5. The lowest BCUT2D eigenvalue weighted by Crippen LogP contribution is -2.17. The Morgan fingerprint density at radius 1 is 1.24 bits per heavy atom. The molecule has 8 nitrogen and oxygen atoms in total. The lowest BCUT2D eigenvalue weighted by molar-refractivity contribution is -0.385. The van der Waals surface area contributed by atoms with Gasteiger partial charge in [-0.25, -0.2) is 8.42 Å². The zero-order valence-corrected chi connectivity index (χ0v) is 14.8. The molecule has 0 bridgehead atoms. The summed E-state index contributed by atoms with van der Waals surface area (Å²) in [7, 11) is -4.16. The molecule has 2 rings (SSSR count). The molecule has 0 saturated heterocycles. The van der Waals surface area contributed by atoms with Gasteiger partial charge in [0.1, 0.15) is 0 Å². The van der Waals surface area contributed by atoms with Gasteiger partial charge in [-0.3, -0.25) is 19.6 Å². The smallest absolute Gasteiger partial charge is 0.275 e. The van der Waals surface area contributed by atoms with Crippen LogP contribution in [0.25, 0.3) is 0 Å². The second-order valence-corrected chi connectivity index (χ2v) is 7.34. The summed E-state index contributed by atoms with van der Waals surface area (Å²) in [5.41, 5.74) is 5.63. The number of amides is 1. The minimum absolute atomic E-state index is 0.0443. The van der Waals surface area contributed by atoms with Crippen molar-refractivity contribution in [3.05, 3.63) is 62.2 Å². The van der Waals surface area contributed by atoms with E-state index in [1.807, 2.05) is 0 Å². The number of benzene rings is 2. The molecule has 0 heterocycles. The molecule has 0 fully saturated rings. The fourth-order valence-corrected chi connectivity index (χ4v) is 3.65. The Labute approximate surface area is 148 Å². The average molecular weight is 384 g/mol. The van der Waals surface area contributed by atoms with Gasteiger partial charge < -0.3 is 5.73 Å². The van der Waals surface area contributed by atoms with Crippen molar-refractivity contribution in [1.82, 2.24) is 0 Å². The molecule has 0 aromatic heterocycles. The summed E-state index contributed by atoms with van der Waals surface area (Å²) < 4.78 is 27.4. The number of nitrogens with zero attached hydrogens (tertiary/aromatic N) is 1. The third kappa shape index (κ3) is 3.72. The number of rotatable bonds is 5. The molecule has 0 aliphatic carbocycles. The molecule has 0 aliphatic rings. The van der Waals surface area contributed by atoms with E-state index in [0.717, 1.165) is 12.1 Å². The van der Waals surface area contributed by atoms with Crippen LogP contribution in [0.4, 0.5) is 11.4 Å². The van der Waals surface area contributed by atoms with Crippen molar-refractivity contribution < 1.29 is 18.1 Å². The molecular weight excluding hydrogens is 370 g/mol. The molecule has 25 heavy (non-hydrogen) atoms. The highest BCUT2D eigenvalue weighted by molar-refractivity contribution is 7.92. The molecule has 0 aliphatic heterocycles. The molecule has 0 radical (unpaired) electrons. The van der Waals surface area contributed by atoms with Crippen molar-refractivity contribution in [2.75, 3.05) is 4.72 Å². The van der Waals surface area contributed by atoms with Crippen molar-refractivity contribution in [2.45, 2.75) is 18.7 Å². The Bertz CT molecular complexity index is 989. The quantitative estimate of drug-likeness (QED) is 0.605. The minimum atomic E-state index is -4.16. The Kier molecular flexibility index (Phi) is 5.00. The van der Waals surface area contributed by atoms with Crippen LogP contribution in [0.2, 0.25) is 5.02 Å². The predicted octanol–water partition coefficient (Wildman–Crippen LogP) is 2.76. The minimum Gasteiger partial charge on any atom is -0.366 e. The molecular formula is C15H14ClN3O5S. The van der Waals surface area contributed by atoms with Crippen LogP contribution >= 0.6 is 11.6 Å². The summed E-state index contributed by atoms with van der Waals surface area (Å²) >= 11 is 5.91. The van der Waals surface area contributed by atoms with E-state index in [1.165, 1.54) is 32.0 Å². The molecule has 0 unspecified atom stereocenters. The first-order chi connectivity index (χ1) is 11.5. The molecule has 3 N–H and O–H groups in total. The Balaban J connectivity index is 2.53. The summed E-state index contributed by atoms with van der Waals surface area (Å²) in [5, 5.41) is 11.0. The van der Waals surface area contributed by atoms with Gasteiger partial charge in [-0.1, -0.05) is 17.7 Å². The van der Waals surface area contributed by atoms with Gasteiger partial charge >= 0.3 is 0 Å². The highest BCUT2D eigenvalue weighted by Crippen LogP contribution is 2.31. The summed E-state index contributed by atoms with van der Waals surface area (Å²) in [4.78, 5) is 21.4. The van der Waals surface area contributed by atoms with Crippen molar-refractivity contribution in [3.8, 4) is 0 Å². The SMILES string of the molecule is Cc1c(NS(=O)(=O)c2cc(Cl)c(C)c([N+](=O)[O-])c2)cccc1C(N)=O. The van der Waals surface area contributed by atoms with Crippen LogP contribution < -0.4 is 10.5 Å². The van der Waals surface area contributed by atoms with Crippen LogP contribution in [0.5, 0.6) is 0 Å². The van der Waals surface area contributed by atoms with Gasteiger partial charge in [0, 0.05) is 17.2 Å². The largest absolute Gasteiger partial charge is 0.366 e. The third-order valence-electron chi connectivity index (χ3n) is 3.64. The fourth-order valence-electron chi connectivity index (χ4n) is 2.20. The van der Waals surface area contributed by atoms with E-state index in [9.17, 15) is 23.3 Å². The van der Waals surface area contributed by atoms with Crippen LogP contribution in [0.15, 0.2) is 35.2 Å². The number of nitrogens with one attached hydrogen (secondary N) is 1. The van der Waals surface area contributed by atoms with Crippen LogP contribution in [0, 0.1) is 24.0 Å². The highest BCUT2D eigenvalue weighted by atomic mass is 35.5. The second kappa shape index (κ2) is 6.69. The number of nitro groups is 1. The lowest BCUT2D eigenvalue weighted by Gasteiger charge is -2.13. The van der Waals surface area contributed by atoms with Crippen molar-refractivity contribution in [2.24, 2.45) is 5.73 Å².